The van der Waals surface area contributed by atoms with Crippen LogP contribution in [-0.4, -0.2) is 35.7 Å². The van der Waals surface area contributed by atoms with Crippen LogP contribution in [0.4, 0.5) is 0 Å². The predicted octanol–water partition coefficient (Wildman–Crippen LogP) is 0.0927. The summed E-state index contributed by atoms with van der Waals surface area (Å²) >= 11 is 1.37. The highest BCUT2D eigenvalue weighted by molar-refractivity contribution is 7.12. The molecule has 3 rings (SSSR count). The lowest BCUT2D eigenvalue weighted by atomic mass is 10.00. The minimum atomic E-state index is -0.355. The molecule has 0 unspecified atom stereocenters. The lowest BCUT2D eigenvalue weighted by molar-refractivity contribution is -0.126. The van der Waals surface area contributed by atoms with E-state index in [-0.39, 0.29) is 29.6 Å². The highest BCUT2D eigenvalue weighted by Crippen LogP contribution is 2.29. The van der Waals surface area contributed by atoms with Gasteiger partial charge in [0.25, 0.3) is 5.91 Å². The van der Waals surface area contributed by atoms with Gasteiger partial charge in [-0.2, -0.15) is 0 Å². The topological polar surface area (TPSA) is 66.5 Å². The van der Waals surface area contributed by atoms with E-state index >= 15 is 0 Å². The maximum atomic E-state index is 12.0. The van der Waals surface area contributed by atoms with Crippen LogP contribution in [0.25, 0.3) is 0 Å². The fourth-order valence-electron chi connectivity index (χ4n) is 2.36. The molecule has 3 heterocycles. The molecule has 88 valence electrons. The molecule has 1 aromatic heterocycles. The Morgan fingerprint density at radius 3 is 2.47 bits per heavy atom. The minimum Gasteiger partial charge on any atom is -0.336 e. The number of nitrogens with one attached hydrogen (secondary N) is 1. The lowest BCUT2D eigenvalue weighted by Crippen LogP contribution is -2.34. The van der Waals surface area contributed by atoms with E-state index in [0.29, 0.717) is 18.0 Å². The van der Waals surface area contributed by atoms with Gasteiger partial charge in [0.2, 0.25) is 11.8 Å². The molecule has 2 fully saturated rings. The first-order valence-corrected chi connectivity index (χ1v) is 6.22. The Balaban J connectivity index is 1.79. The standard InChI is InChI=1S/C11H10N2O3S/c14-9-6-4-13(5-7(6)10(15)12-9)11(16)8-2-1-3-17-8/h1-3,6-7H,4-5H2,(H,12,14,15)/t6-,7+. The fraction of sp³-hybridized carbons (Fsp3) is 0.364. The second kappa shape index (κ2) is 3.66. The monoisotopic (exact) mass is 250 g/mol. The Hall–Kier alpha value is -1.69. The number of fused-ring (bicyclic) bond motifs is 1. The van der Waals surface area contributed by atoms with E-state index in [0.717, 1.165) is 0 Å². The van der Waals surface area contributed by atoms with Crippen LogP contribution in [0.15, 0.2) is 17.5 Å². The molecular formula is C11H10N2O3S. The Bertz CT molecular complexity index is 475. The Kier molecular flexibility index (Phi) is 2.25. The zero-order valence-corrected chi connectivity index (χ0v) is 9.70. The lowest BCUT2D eigenvalue weighted by Gasteiger charge is -2.15. The number of carbonyl (C=O) groups excluding carboxylic acids is 3. The van der Waals surface area contributed by atoms with Crippen molar-refractivity contribution in [3.05, 3.63) is 22.4 Å². The normalized spacial score (nSPS) is 27.2. The van der Waals surface area contributed by atoms with Crippen molar-refractivity contribution in [2.24, 2.45) is 11.8 Å². The van der Waals surface area contributed by atoms with Gasteiger partial charge >= 0.3 is 0 Å². The van der Waals surface area contributed by atoms with Crippen molar-refractivity contribution in [1.29, 1.82) is 0 Å². The molecule has 2 atom stereocenters. The molecule has 0 saturated carbocycles. The van der Waals surface area contributed by atoms with Crippen molar-refractivity contribution in [3.63, 3.8) is 0 Å². The molecular weight excluding hydrogens is 240 g/mol. The van der Waals surface area contributed by atoms with E-state index in [1.54, 1.807) is 11.0 Å². The van der Waals surface area contributed by atoms with Gasteiger partial charge in [-0.3, -0.25) is 19.7 Å². The van der Waals surface area contributed by atoms with Crippen LogP contribution in [0.3, 0.4) is 0 Å². The van der Waals surface area contributed by atoms with E-state index < -0.39 is 0 Å². The highest BCUT2D eigenvalue weighted by atomic mass is 32.1. The average Bonchev–Trinajstić information content (AvgIpc) is 3.00. The number of hydrogen-bond acceptors (Lipinski definition) is 4. The van der Waals surface area contributed by atoms with Crippen LogP contribution in [0.5, 0.6) is 0 Å². The van der Waals surface area contributed by atoms with Crippen molar-refractivity contribution in [3.8, 4) is 0 Å². The first-order chi connectivity index (χ1) is 8.16. The van der Waals surface area contributed by atoms with Gasteiger partial charge < -0.3 is 4.90 Å². The van der Waals surface area contributed by atoms with E-state index in [4.69, 9.17) is 0 Å². The van der Waals surface area contributed by atoms with Gasteiger partial charge in [-0.25, -0.2) is 0 Å². The number of imide groups is 1. The third-order valence-corrected chi connectivity index (χ3v) is 4.12. The van der Waals surface area contributed by atoms with Gasteiger partial charge in [-0.1, -0.05) is 6.07 Å². The molecule has 3 amide bonds. The van der Waals surface area contributed by atoms with Crippen LogP contribution >= 0.6 is 11.3 Å². The zero-order chi connectivity index (χ0) is 12.0. The molecule has 2 aliphatic heterocycles. The largest absolute Gasteiger partial charge is 0.336 e. The molecule has 1 aromatic rings. The summed E-state index contributed by atoms with van der Waals surface area (Å²) in [6, 6.07) is 3.57. The number of hydrogen-bond donors (Lipinski definition) is 1. The first-order valence-electron chi connectivity index (χ1n) is 5.34. The quantitative estimate of drug-likeness (QED) is 0.718. The van der Waals surface area contributed by atoms with Gasteiger partial charge in [0, 0.05) is 13.1 Å². The third-order valence-electron chi connectivity index (χ3n) is 3.26. The van der Waals surface area contributed by atoms with Crippen molar-refractivity contribution in [2.75, 3.05) is 13.1 Å². The summed E-state index contributed by atoms with van der Waals surface area (Å²) in [6.07, 6.45) is 0. The van der Waals surface area contributed by atoms with Gasteiger partial charge in [0.05, 0.1) is 16.7 Å². The van der Waals surface area contributed by atoms with E-state index in [2.05, 4.69) is 5.32 Å². The number of thiophene rings is 1. The SMILES string of the molecule is O=C1NC(=O)[C@@H]2CN(C(=O)c3cccs3)C[C@H]12. The summed E-state index contributed by atoms with van der Waals surface area (Å²) in [5.41, 5.74) is 0. The van der Waals surface area contributed by atoms with Crippen LogP contribution < -0.4 is 5.32 Å². The number of nitrogens with zero attached hydrogens (tertiary/aromatic N) is 1. The van der Waals surface area contributed by atoms with Crippen molar-refractivity contribution < 1.29 is 14.4 Å². The van der Waals surface area contributed by atoms with E-state index in [1.807, 2.05) is 11.4 Å². The molecule has 0 radical (unpaired) electrons. The second-order valence-electron chi connectivity index (χ2n) is 4.25. The maximum absolute atomic E-state index is 12.0. The number of likely N-dealkylation sites (tertiary alicyclic amines) is 1. The predicted molar refractivity (Wildman–Crippen MR) is 60.4 cm³/mol. The molecule has 2 saturated heterocycles. The number of rotatable bonds is 1. The fourth-order valence-corrected chi connectivity index (χ4v) is 3.05. The van der Waals surface area contributed by atoms with Crippen LogP contribution in [0, 0.1) is 11.8 Å². The Morgan fingerprint density at radius 2 is 1.94 bits per heavy atom. The minimum absolute atomic E-state index is 0.0880. The van der Waals surface area contributed by atoms with Crippen LogP contribution in [0.2, 0.25) is 0 Å². The first kappa shape index (κ1) is 10.5. The molecule has 0 bridgehead atoms. The molecule has 6 heteroatoms. The summed E-state index contributed by atoms with van der Waals surface area (Å²) in [7, 11) is 0. The van der Waals surface area contributed by atoms with Crippen molar-refractivity contribution in [2.45, 2.75) is 0 Å². The number of carbonyl (C=O) groups is 3. The van der Waals surface area contributed by atoms with Crippen LogP contribution in [-0.2, 0) is 9.59 Å². The van der Waals surface area contributed by atoms with Crippen molar-refractivity contribution >= 4 is 29.1 Å². The maximum Gasteiger partial charge on any atom is 0.263 e. The second-order valence-corrected chi connectivity index (χ2v) is 5.20. The smallest absolute Gasteiger partial charge is 0.263 e. The molecule has 5 nitrogen and oxygen atoms in total. The molecule has 0 aromatic carbocycles. The van der Waals surface area contributed by atoms with E-state index in [1.165, 1.54) is 11.3 Å². The summed E-state index contributed by atoms with van der Waals surface area (Å²) in [4.78, 5) is 37.2. The zero-order valence-electron chi connectivity index (χ0n) is 8.88. The van der Waals surface area contributed by atoms with Gasteiger partial charge in [0.15, 0.2) is 0 Å². The summed E-state index contributed by atoms with van der Waals surface area (Å²) in [5, 5.41) is 4.14. The summed E-state index contributed by atoms with van der Waals surface area (Å²) < 4.78 is 0. The molecule has 0 spiro atoms. The van der Waals surface area contributed by atoms with Crippen LogP contribution in [0.1, 0.15) is 9.67 Å². The average molecular weight is 250 g/mol. The summed E-state index contributed by atoms with van der Waals surface area (Å²) in [5.74, 6) is -1.30. The molecule has 1 N–H and O–H groups in total. The molecule has 0 aliphatic carbocycles. The Labute approximate surface area is 101 Å². The van der Waals surface area contributed by atoms with Crippen molar-refractivity contribution in [1.82, 2.24) is 10.2 Å². The van der Waals surface area contributed by atoms with Gasteiger partial charge in [-0.05, 0) is 11.4 Å². The molecule has 17 heavy (non-hydrogen) atoms. The van der Waals surface area contributed by atoms with E-state index in [9.17, 15) is 14.4 Å². The third kappa shape index (κ3) is 1.56. The molecule has 2 aliphatic rings. The highest BCUT2D eigenvalue weighted by Gasteiger charge is 2.49. The van der Waals surface area contributed by atoms with Gasteiger partial charge in [-0.15, -0.1) is 11.3 Å². The number of amides is 3. The Morgan fingerprint density at radius 1 is 1.29 bits per heavy atom. The summed E-state index contributed by atoms with van der Waals surface area (Å²) in [6.45, 7) is 0.692. The van der Waals surface area contributed by atoms with Gasteiger partial charge in [0.1, 0.15) is 0 Å².